The van der Waals surface area contributed by atoms with Crippen molar-refractivity contribution < 1.29 is 21.6 Å². The maximum absolute atomic E-state index is 12.5. The summed E-state index contributed by atoms with van der Waals surface area (Å²) in [5.74, 6) is 0.608. The molecule has 0 saturated carbocycles. The fourth-order valence-corrected chi connectivity index (χ4v) is 2.86. The van der Waals surface area contributed by atoms with Crippen molar-refractivity contribution in [3.63, 3.8) is 0 Å². The van der Waals surface area contributed by atoms with Gasteiger partial charge in [-0.1, -0.05) is 12.1 Å². The van der Waals surface area contributed by atoms with Gasteiger partial charge in [-0.25, -0.2) is 8.42 Å². The van der Waals surface area contributed by atoms with Crippen molar-refractivity contribution in [2.75, 3.05) is 25.6 Å². The molecule has 0 bridgehead atoms. The average molecular weight is 507 g/mol. The van der Waals surface area contributed by atoms with Crippen molar-refractivity contribution in [2.24, 2.45) is 4.99 Å². The normalized spacial score (nSPS) is 13.7. The number of hydrogen-bond acceptors (Lipinski definition) is 3. The summed E-state index contributed by atoms with van der Waals surface area (Å²) < 4.78 is 59.8. The summed E-state index contributed by atoms with van der Waals surface area (Å²) >= 11 is 0. The number of alkyl halides is 3. The number of hydrogen-bond donors (Lipinski definition) is 2. The highest BCUT2D eigenvalue weighted by atomic mass is 127. The van der Waals surface area contributed by atoms with Crippen LogP contribution in [0.4, 0.5) is 13.2 Å². The molecule has 0 aromatic heterocycles. The van der Waals surface area contributed by atoms with Gasteiger partial charge in [0.15, 0.2) is 5.96 Å². The molecule has 150 valence electrons. The first-order valence-corrected chi connectivity index (χ1v) is 9.88. The Morgan fingerprint density at radius 2 is 1.81 bits per heavy atom. The predicted molar refractivity (Wildman–Crippen MR) is 109 cm³/mol. The number of halogens is 4. The Morgan fingerprint density at radius 3 is 2.27 bits per heavy atom. The minimum Gasteiger partial charge on any atom is -0.356 e. The van der Waals surface area contributed by atoms with Crippen molar-refractivity contribution >= 4 is 39.8 Å². The zero-order chi connectivity index (χ0) is 19.1. The van der Waals surface area contributed by atoms with Crippen molar-refractivity contribution in [1.82, 2.24) is 10.6 Å². The van der Waals surface area contributed by atoms with Gasteiger partial charge in [0.25, 0.3) is 0 Å². The second-order valence-corrected chi connectivity index (χ2v) is 8.17. The SMILES string of the molecule is CN=C(NCCc1ccc(C(F)(F)F)cc1)NC(C)CCS(C)(=O)=O.I. The molecule has 0 radical (unpaired) electrons. The Balaban J connectivity index is 0.00000625. The molecule has 26 heavy (non-hydrogen) atoms. The molecule has 1 atom stereocenters. The summed E-state index contributed by atoms with van der Waals surface area (Å²) in [5.41, 5.74) is 0.113. The highest BCUT2D eigenvalue weighted by Gasteiger charge is 2.29. The Labute approximate surface area is 169 Å². The van der Waals surface area contributed by atoms with Gasteiger partial charge in [0.2, 0.25) is 0 Å². The Bertz CT molecular complexity index is 677. The van der Waals surface area contributed by atoms with Gasteiger partial charge in [-0.2, -0.15) is 13.2 Å². The van der Waals surface area contributed by atoms with Gasteiger partial charge >= 0.3 is 6.18 Å². The topological polar surface area (TPSA) is 70.6 Å². The highest BCUT2D eigenvalue weighted by molar-refractivity contribution is 14.0. The van der Waals surface area contributed by atoms with E-state index in [0.29, 0.717) is 25.3 Å². The van der Waals surface area contributed by atoms with E-state index in [1.54, 1.807) is 7.05 Å². The maximum Gasteiger partial charge on any atom is 0.416 e. The van der Waals surface area contributed by atoms with Crippen LogP contribution in [0.1, 0.15) is 24.5 Å². The standard InChI is InChI=1S/C16H24F3N3O2S.HI/c1-12(9-11-25(3,23)24)22-15(20-2)21-10-8-13-4-6-14(7-5-13)16(17,18)19;/h4-7,12H,8-11H2,1-3H3,(H2,20,21,22);1H. The number of nitrogens with one attached hydrogen (secondary N) is 2. The molecule has 5 nitrogen and oxygen atoms in total. The summed E-state index contributed by atoms with van der Waals surface area (Å²) in [6.07, 6.45) is -2.14. The number of sulfone groups is 1. The van der Waals surface area contributed by atoms with Crippen LogP contribution in [0, 0.1) is 0 Å². The molecule has 1 unspecified atom stereocenters. The monoisotopic (exact) mass is 507 g/mol. The molecule has 10 heteroatoms. The summed E-state index contributed by atoms with van der Waals surface area (Å²) in [6.45, 7) is 2.34. The van der Waals surface area contributed by atoms with Crippen LogP contribution in [-0.4, -0.2) is 46.0 Å². The third-order valence-electron chi connectivity index (χ3n) is 3.52. The van der Waals surface area contributed by atoms with Gasteiger partial charge in [0.05, 0.1) is 11.3 Å². The molecule has 0 spiro atoms. The number of rotatable bonds is 7. The molecule has 0 saturated heterocycles. The molecular weight excluding hydrogens is 482 g/mol. The molecule has 0 aliphatic heterocycles. The Hall–Kier alpha value is -1.04. The van der Waals surface area contributed by atoms with E-state index in [2.05, 4.69) is 15.6 Å². The van der Waals surface area contributed by atoms with E-state index in [4.69, 9.17) is 0 Å². The lowest BCUT2D eigenvalue weighted by Gasteiger charge is -2.17. The van der Waals surface area contributed by atoms with Gasteiger partial charge in [-0.3, -0.25) is 4.99 Å². The van der Waals surface area contributed by atoms with Crippen molar-refractivity contribution in [1.29, 1.82) is 0 Å². The first-order valence-electron chi connectivity index (χ1n) is 7.82. The third-order valence-corrected chi connectivity index (χ3v) is 4.49. The second-order valence-electron chi connectivity index (χ2n) is 5.91. The van der Waals surface area contributed by atoms with Crippen molar-refractivity contribution in [2.45, 2.75) is 32.0 Å². The zero-order valence-electron chi connectivity index (χ0n) is 14.9. The fraction of sp³-hybridized carbons (Fsp3) is 0.562. The highest BCUT2D eigenvalue weighted by Crippen LogP contribution is 2.29. The van der Waals surface area contributed by atoms with Crippen LogP contribution in [0.25, 0.3) is 0 Å². The Kier molecular flexibility index (Phi) is 10.5. The molecule has 0 heterocycles. The van der Waals surface area contributed by atoms with E-state index >= 15 is 0 Å². The number of benzene rings is 1. The van der Waals surface area contributed by atoms with Crippen LogP contribution >= 0.6 is 24.0 Å². The maximum atomic E-state index is 12.5. The lowest BCUT2D eigenvalue weighted by molar-refractivity contribution is -0.137. The van der Waals surface area contributed by atoms with Crippen LogP contribution in [0.15, 0.2) is 29.3 Å². The number of nitrogens with zero attached hydrogens (tertiary/aromatic N) is 1. The zero-order valence-corrected chi connectivity index (χ0v) is 18.1. The van der Waals surface area contributed by atoms with E-state index in [1.165, 1.54) is 18.4 Å². The van der Waals surface area contributed by atoms with Gasteiger partial charge in [0, 0.05) is 25.9 Å². The van der Waals surface area contributed by atoms with Crippen molar-refractivity contribution in [3.8, 4) is 0 Å². The van der Waals surface area contributed by atoms with E-state index in [-0.39, 0.29) is 35.8 Å². The van der Waals surface area contributed by atoms with Crippen LogP contribution < -0.4 is 10.6 Å². The first kappa shape index (κ1) is 25.0. The third kappa shape index (κ3) is 10.2. The van der Waals surface area contributed by atoms with Crippen LogP contribution in [0.5, 0.6) is 0 Å². The largest absolute Gasteiger partial charge is 0.416 e. The molecule has 0 aliphatic rings. The predicted octanol–water partition coefficient (Wildman–Crippen LogP) is 2.85. The quantitative estimate of drug-likeness (QED) is 0.339. The second kappa shape index (κ2) is 11.0. The van der Waals surface area contributed by atoms with E-state index in [9.17, 15) is 21.6 Å². The molecule has 0 amide bonds. The molecule has 0 fully saturated rings. The molecule has 2 N–H and O–H groups in total. The van der Waals surface area contributed by atoms with Crippen LogP contribution in [-0.2, 0) is 22.4 Å². The Morgan fingerprint density at radius 1 is 1.23 bits per heavy atom. The van der Waals surface area contributed by atoms with Gasteiger partial charge in [0.1, 0.15) is 9.84 Å². The minimum atomic E-state index is -4.33. The molecule has 1 aromatic carbocycles. The molecule has 1 aromatic rings. The summed E-state index contributed by atoms with van der Waals surface area (Å²) in [4.78, 5) is 4.05. The number of aliphatic imine (C=N–C) groups is 1. The molecule has 1 rings (SSSR count). The van der Waals surface area contributed by atoms with Crippen LogP contribution in [0.2, 0.25) is 0 Å². The van der Waals surface area contributed by atoms with E-state index < -0.39 is 21.6 Å². The average Bonchev–Trinajstić information content (AvgIpc) is 2.51. The van der Waals surface area contributed by atoms with Crippen LogP contribution in [0.3, 0.4) is 0 Å². The summed E-state index contributed by atoms with van der Waals surface area (Å²) in [7, 11) is -1.42. The lowest BCUT2D eigenvalue weighted by atomic mass is 10.1. The van der Waals surface area contributed by atoms with Gasteiger partial charge in [-0.15, -0.1) is 24.0 Å². The van der Waals surface area contributed by atoms with E-state index in [1.807, 2.05) is 6.92 Å². The number of guanidine groups is 1. The minimum absolute atomic E-state index is 0. The lowest BCUT2D eigenvalue weighted by Crippen LogP contribution is -2.43. The fourth-order valence-electron chi connectivity index (χ4n) is 2.08. The van der Waals surface area contributed by atoms with Gasteiger partial charge < -0.3 is 10.6 Å². The van der Waals surface area contributed by atoms with Gasteiger partial charge in [-0.05, 0) is 37.5 Å². The molecular formula is C16H25F3IN3O2S. The van der Waals surface area contributed by atoms with E-state index in [0.717, 1.165) is 17.7 Å². The first-order chi connectivity index (χ1) is 11.5. The summed E-state index contributed by atoms with van der Waals surface area (Å²) in [6, 6.07) is 4.96. The van der Waals surface area contributed by atoms with Crippen molar-refractivity contribution in [3.05, 3.63) is 35.4 Å². The smallest absolute Gasteiger partial charge is 0.356 e. The summed E-state index contributed by atoms with van der Waals surface area (Å²) in [5, 5.41) is 6.14. The molecule has 0 aliphatic carbocycles.